The Balaban J connectivity index is 3.32. The van der Waals surface area contributed by atoms with Crippen LogP contribution in [0.15, 0.2) is 12.1 Å². The van der Waals surface area contributed by atoms with Gasteiger partial charge in [0, 0.05) is 12.1 Å². The largest absolute Gasteiger partial charge is 0.595 e. The number of anilines is 1. The molecule has 1 aromatic rings. The third-order valence-corrected chi connectivity index (χ3v) is 1.79. The maximum Gasteiger partial charge on any atom is 0.193 e. The molecule has 0 saturated carbocycles. The second kappa shape index (κ2) is 3.88. The first-order chi connectivity index (χ1) is 6.43. The molecule has 0 radical (unpaired) electrons. The Morgan fingerprint density at radius 2 is 1.50 bits per heavy atom. The highest BCUT2D eigenvalue weighted by Crippen LogP contribution is 2.23. The molecule has 0 heterocycles. The Hall–Kier alpha value is -1.22. The van der Waals surface area contributed by atoms with Gasteiger partial charge < -0.3 is 16.1 Å². The van der Waals surface area contributed by atoms with Gasteiger partial charge in [-0.2, -0.15) is 10.5 Å². The zero-order valence-electron chi connectivity index (χ0n) is 7.44. The van der Waals surface area contributed by atoms with E-state index in [1.165, 1.54) is 12.1 Å². The molecule has 0 spiro atoms. The maximum absolute atomic E-state index is 10.7. The number of nitrogens with one attached hydrogen (secondary N) is 2. The van der Waals surface area contributed by atoms with E-state index in [0.29, 0.717) is 5.56 Å². The number of quaternary nitrogens is 2. The van der Waals surface area contributed by atoms with Crippen LogP contribution in [0.3, 0.4) is 0 Å². The Morgan fingerprint density at radius 3 is 1.79 bits per heavy atom. The van der Waals surface area contributed by atoms with Crippen molar-refractivity contribution in [2.24, 2.45) is 0 Å². The van der Waals surface area contributed by atoms with E-state index in [1.807, 2.05) is 0 Å². The highest BCUT2D eigenvalue weighted by atomic mass is 16.8. The molecule has 0 saturated heterocycles. The van der Waals surface area contributed by atoms with E-state index < -0.39 is 10.5 Å². The number of nitrogen functional groups attached to an aromatic ring is 1. The molecule has 2 unspecified atom stereocenters. The molecule has 0 amide bonds. The van der Waals surface area contributed by atoms with Gasteiger partial charge in [-0.05, 0) is 12.5 Å². The molecule has 0 aliphatic rings. The second-order valence-electron chi connectivity index (χ2n) is 2.88. The van der Waals surface area contributed by atoms with Crippen molar-refractivity contribution in [1.29, 1.82) is 0 Å². The van der Waals surface area contributed by atoms with E-state index in [4.69, 9.17) is 16.1 Å². The van der Waals surface area contributed by atoms with Crippen LogP contribution in [-0.4, -0.2) is 10.4 Å². The van der Waals surface area contributed by atoms with Crippen LogP contribution >= 0.6 is 0 Å². The van der Waals surface area contributed by atoms with Crippen LogP contribution in [0, 0.1) is 17.3 Å². The summed E-state index contributed by atoms with van der Waals surface area (Å²) < 4.78 is 0. The first-order valence-electron chi connectivity index (χ1n) is 3.80. The summed E-state index contributed by atoms with van der Waals surface area (Å²) in [5, 5.41) is 36.3. The van der Waals surface area contributed by atoms with E-state index in [-0.39, 0.29) is 17.1 Å². The SMILES string of the molecule is Cc1cc([NH+]([O-])O)c(N)c([NH+]([O-])O)c1. The van der Waals surface area contributed by atoms with Crippen molar-refractivity contribution in [3.8, 4) is 0 Å². The van der Waals surface area contributed by atoms with Gasteiger partial charge in [-0.1, -0.05) is 0 Å². The third-order valence-electron chi connectivity index (χ3n) is 1.79. The highest BCUT2D eigenvalue weighted by molar-refractivity contribution is 5.71. The molecular formula is C7H11N3O4. The summed E-state index contributed by atoms with van der Waals surface area (Å²) in [6.45, 7) is 1.61. The molecule has 0 aliphatic carbocycles. The number of hydrogen-bond acceptors (Lipinski definition) is 5. The fourth-order valence-corrected chi connectivity index (χ4v) is 1.15. The fourth-order valence-electron chi connectivity index (χ4n) is 1.15. The quantitative estimate of drug-likeness (QED) is 0.291. The van der Waals surface area contributed by atoms with Gasteiger partial charge in [-0.3, -0.25) is 0 Å². The number of rotatable bonds is 2. The van der Waals surface area contributed by atoms with Crippen LogP contribution in [0.25, 0.3) is 0 Å². The van der Waals surface area contributed by atoms with Gasteiger partial charge in [-0.15, -0.1) is 0 Å². The lowest BCUT2D eigenvalue weighted by Crippen LogP contribution is -3.01. The van der Waals surface area contributed by atoms with Gasteiger partial charge in [0.1, 0.15) is 0 Å². The van der Waals surface area contributed by atoms with E-state index in [1.54, 1.807) is 6.92 Å². The van der Waals surface area contributed by atoms with Crippen LogP contribution in [0.2, 0.25) is 0 Å². The predicted octanol–water partition coefficient (Wildman–Crippen LogP) is -1.62. The molecule has 14 heavy (non-hydrogen) atoms. The predicted molar refractivity (Wildman–Crippen MR) is 47.1 cm³/mol. The highest BCUT2D eigenvalue weighted by Gasteiger charge is 2.16. The van der Waals surface area contributed by atoms with Gasteiger partial charge in [0.15, 0.2) is 17.1 Å². The van der Waals surface area contributed by atoms with Crippen LogP contribution < -0.4 is 16.2 Å². The topological polar surface area (TPSA) is 121 Å². The Bertz CT molecular complexity index is 311. The first-order valence-corrected chi connectivity index (χ1v) is 3.80. The van der Waals surface area contributed by atoms with Gasteiger partial charge >= 0.3 is 0 Å². The summed E-state index contributed by atoms with van der Waals surface area (Å²) in [5.41, 5.74) is 5.37. The summed E-state index contributed by atoms with van der Waals surface area (Å²) in [7, 11) is 0. The van der Waals surface area contributed by atoms with Gasteiger partial charge in [-0.25, -0.2) is 10.4 Å². The number of aryl methyl sites for hydroxylation is 1. The molecule has 0 bridgehead atoms. The van der Waals surface area contributed by atoms with Gasteiger partial charge in [0.05, 0.1) is 0 Å². The monoisotopic (exact) mass is 201 g/mol. The maximum atomic E-state index is 10.7. The normalized spacial score (nSPS) is 15.2. The van der Waals surface area contributed by atoms with E-state index in [9.17, 15) is 10.4 Å². The molecule has 7 nitrogen and oxygen atoms in total. The van der Waals surface area contributed by atoms with Crippen molar-refractivity contribution < 1.29 is 20.9 Å². The third kappa shape index (κ3) is 1.99. The molecule has 1 rings (SSSR count). The lowest BCUT2D eigenvalue weighted by molar-refractivity contribution is -0.995. The molecule has 7 heteroatoms. The molecule has 0 fully saturated rings. The van der Waals surface area contributed by atoms with E-state index in [2.05, 4.69) is 0 Å². The number of hydrogen-bond donors (Lipinski definition) is 5. The molecular weight excluding hydrogens is 190 g/mol. The standard InChI is InChI=1S/C7H11N3O4/c1-4-2-5(9(11)12)7(8)6(3-4)10(13)14/h2-3,9-11,13H,8H2,1H3. The summed E-state index contributed by atoms with van der Waals surface area (Å²) in [6, 6.07) is 2.67. The van der Waals surface area contributed by atoms with Crippen molar-refractivity contribution in [1.82, 2.24) is 0 Å². The lowest BCUT2D eigenvalue weighted by atomic mass is 10.1. The molecule has 6 N–H and O–H groups in total. The first kappa shape index (κ1) is 10.9. The van der Waals surface area contributed by atoms with Crippen LogP contribution in [-0.2, 0) is 0 Å². The number of nitrogens with two attached hydrogens (primary N) is 1. The van der Waals surface area contributed by atoms with Crippen molar-refractivity contribution in [2.45, 2.75) is 6.92 Å². The number of benzene rings is 1. The Kier molecular flexibility index (Phi) is 3.01. The average Bonchev–Trinajstić information content (AvgIpc) is 2.07. The van der Waals surface area contributed by atoms with Crippen molar-refractivity contribution >= 4 is 17.1 Å². The minimum absolute atomic E-state index is 0.178. The summed E-state index contributed by atoms with van der Waals surface area (Å²) in [5.74, 6) is 0. The van der Waals surface area contributed by atoms with Gasteiger partial charge in [0.2, 0.25) is 0 Å². The second-order valence-corrected chi connectivity index (χ2v) is 2.88. The summed E-state index contributed by atoms with van der Waals surface area (Å²) in [4.78, 5) is 0. The van der Waals surface area contributed by atoms with Crippen LogP contribution in [0.1, 0.15) is 5.56 Å². The molecule has 0 aromatic heterocycles. The van der Waals surface area contributed by atoms with Crippen LogP contribution in [0.5, 0.6) is 0 Å². The summed E-state index contributed by atoms with van der Waals surface area (Å²) in [6.07, 6.45) is 0. The minimum Gasteiger partial charge on any atom is -0.595 e. The zero-order chi connectivity index (χ0) is 10.9. The summed E-state index contributed by atoms with van der Waals surface area (Å²) >= 11 is 0. The lowest BCUT2D eigenvalue weighted by Gasteiger charge is -2.19. The van der Waals surface area contributed by atoms with E-state index in [0.717, 1.165) is 0 Å². The smallest absolute Gasteiger partial charge is 0.193 e. The van der Waals surface area contributed by atoms with Crippen molar-refractivity contribution in [3.05, 3.63) is 28.1 Å². The fraction of sp³-hybridized carbons (Fsp3) is 0.143. The minimum atomic E-state index is -1.23. The molecule has 2 atom stereocenters. The molecule has 1 aromatic carbocycles. The molecule has 78 valence electrons. The Morgan fingerprint density at radius 1 is 1.14 bits per heavy atom. The van der Waals surface area contributed by atoms with Crippen LogP contribution in [0.4, 0.5) is 17.1 Å². The van der Waals surface area contributed by atoms with E-state index >= 15 is 0 Å². The zero-order valence-corrected chi connectivity index (χ0v) is 7.44. The van der Waals surface area contributed by atoms with Crippen molar-refractivity contribution in [2.75, 3.05) is 5.73 Å². The van der Waals surface area contributed by atoms with Gasteiger partial charge in [0.25, 0.3) is 0 Å². The Labute approximate surface area is 79.6 Å². The average molecular weight is 201 g/mol. The molecule has 0 aliphatic heterocycles. The van der Waals surface area contributed by atoms with Crippen molar-refractivity contribution in [3.63, 3.8) is 0 Å².